The number of pyridine rings is 2. The second kappa shape index (κ2) is 10.1. The molecule has 8 heteroatoms. The number of furan rings is 1. The first kappa shape index (κ1) is 24.8. The average Bonchev–Trinajstić information content (AvgIpc) is 3.19. The molecule has 1 aliphatic heterocycles. The van der Waals surface area contributed by atoms with E-state index in [2.05, 4.69) is 41.3 Å². The number of nitrogens with one attached hydrogen (secondary N) is 2. The van der Waals surface area contributed by atoms with E-state index in [1.807, 2.05) is 45.2 Å². The number of carbonyl (C=O) groups is 1. The molecule has 188 valence electrons. The Hall–Kier alpha value is -3.29. The minimum absolute atomic E-state index is 0.00855. The highest BCUT2D eigenvalue weighted by atomic mass is 16.6. The van der Waals surface area contributed by atoms with E-state index in [4.69, 9.17) is 14.1 Å². The normalized spacial score (nSPS) is 18.7. The molecular weight excluding hydrogens is 442 g/mol. The van der Waals surface area contributed by atoms with Crippen molar-refractivity contribution in [1.29, 1.82) is 0 Å². The van der Waals surface area contributed by atoms with Crippen molar-refractivity contribution in [2.75, 3.05) is 23.3 Å². The summed E-state index contributed by atoms with van der Waals surface area (Å²) in [6, 6.07) is 6.00. The highest BCUT2D eigenvalue weighted by molar-refractivity contribution is 5.77. The molecule has 1 fully saturated rings. The van der Waals surface area contributed by atoms with Crippen molar-refractivity contribution >= 4 is 28.6 Å². The summed E-state index contributed by atoms with van der Waals surface area (Å²) in [5.74, 6) is 0.768. The molecule has 35 heavy (non-hydrogen) atoms. The van der Waals surface area contributed by atoms with E-state index < -0.39 is 5.60 Å². The first-order valence-electron chi connectivity index (χ1n) is 12.4. The molecule has 1 aliphatic rings. The molecule has 8 nitrogen and oxygen atoms in total. The fourth-order valence-corrected chi connectivity index (χ4v) is 4.59. The number of fused-ring (bicyclic) bond motifs is 1. The predicted octanol–water partition coefficient (Wildman–Crippen LogP) is 5.70. The van der Waals surface area contributed by atoms with Gasteiger partial charge in [-0.05, 0) is 57.2 Å². The smallest absolute Gasteiger partial charge is 0.407 e. The Labute approximate surface area is 207 Å². The van der Waals surface area contributed by atoms with Gasteiger partial charge in [-0.3, -0.25) is 4.98 Å². The Bertz CT molecular complexity index is 1170. The van der Waals surface area contributed by atoms with Gasteiger partial charge in [-0.2, -0.15) is 0 Å². The zero-order valence-electron chi connectivity index (χ0n) is 21.6. The van der Waals surface area contributed by atoms with Gasteiger partial charge in [0.1, 0.15) is 11.1 Å². The zero-order valence-corrected chi connectivity index (χ0v) is 21.6. The van der Waals surface area contributed by atoms with Crippen LogP contribution in [0.25, 0.3) is 11.1 Å². The van der Waals surface area contributed by atoms with Crippen molar-refractivity contribution in [2.45, 2.75) is 72.1 Å². The zero-order chi connectivity index (χ0) is 25.2. The number of ether oxygens (including phenoxy) is 1. The summed E-state index contributed by atoms with van der Waals surface area (Å²) in [4.78, 5) is 23.9. The third-order valence-corrected chi connectivity index (χ3v) is 6.10. The lowest BCUT2D eigenvalue weighted by molar-refractivity contribution is 0.0495. The third kappa shape index (κ3) is 6.24. The molecule has 0 bridgehead atoms. The maximum atomic E-state index is 12.4. The molecule has 2 N–H and O–H groups in total. The summed E-state index contributed by atoms with van der Waals surface area (Å²) in [7, 11) is 0. The van der Waals surface area contributed by atoms with Gasteiger partial charge in [-0.15, -0.1) is 0 Å². The van der Waals surface area contributed by atoms with Gasteiger partial charge in [0.2, 0.25) is 0 Å². The van der Waals surface area contributed by atoms with Crippen molar-refractivity contribution < 1.29 is 13.9 Å². The Morgan fingerprint density at radius 1 is 1.26 bits per heavy atom. The second-order valence-corrected chi connectivity index (χ2v) is 10.8. The molecular formula is C27H37N5O3. The molecule has 4 heterocycles. The summed E-state index contributed by atoms with van der Waals surface area (Å²) in [5.41, 5.74) is 5.28. The van der Waals surface area contributed by atoms with Gasteiger partial charge < -0.3 is 24.7 Å². The van der Waals surface area contributed by atoms with Crippen molar-refractivity contribution in [2.24, 2.45) is 5.92 Å². The van der Waals surface area contributed by atoms with Crippen LogP contribution < -0.4 is 15.5 Å². The monoisotopic (exact) mass is 479 g/mol. The fourth-order valence-electron chi connectivity index (χ4n) is 4.59. The maximum Gasteiger partial charge on any atom is 0.407 e. The van der Waals surface area contributed by atoms with Crippen LogP contribution in [0, 0.1) is 5.92 Å². The van der Waals surface area contributed by atoms with Crippen LogP contribution in [0.5, 0.6) is 0 Å². The van der Waals surface area contributed by atoms with Gasteiger partial charge >= 0.3 is 6.09 Å². The Morgan fingerprint density at radius 2 is 2.06 bits per heavy atom. The Kier molecular flexibility index (Phi) is 7.19. The number of hydrogen-bond acceptors (Lipinski definition) is 7. The molecule has 0 radical (unpaired) electrons. The molecule has 0 saturated carbocycles. The van der Waals surface area contributed by atoms with E-state index in [0.29, 0.717) is 24.9 Å². The SMILES string of the molecule is CC1CC(NC(=O)OC(C)(C)C)CN(c2ccncc2NCc2ccc3occ(C(C)C)c3n2)C1. The van der Waals surface area contributed by atoms with Crippen molar-refractivity contribution in [3.05, 3.63) is 48.1 Å². The first-order chi connectivity index (χ1) is 16.6. The van der Waals surface area contributed by atoms with Gasteiger partial charge in [0, 0.05) is 30.9 Å². The van der Waals surface area contributed by atoms with E-state index in [9.17, 15) is 4.79 Å². The van der Waals surface area contributed by atoms with Crippen molar-refractivity contribution in [1.82, 2.24) is 15.3 Å². The number of piperidine rings is 1. The van der Waals surface area contributed by atoms with Crippen LogP contribution in [0.1, 0.15) is 65.1 Å². The summed E-state index contributed by atoms with van der Waals surface area (Å²) >= 11 is 0. The van der Waals surface area contributed by atoms with E-state index >= 15 is 0 Å². The summed E-state index contributed by atoms with van der Waals surface area (Å²) in [6.07, 6.45) is 6.00. The lowest BCUT2D eigenvalue weighted by atomic mass is 9.95. The van der Waals surface area contributed by atoms with Gasteiger partial charge in [0.15, 0.2) is 5.58 Å². The Morgan fingerprint density at radius 3 is 2.80 bits per heavy atom. The van der Waals surface area contributed by atoms with Gasteiger partial charge in [-0.1, -0.05) is 20.8 Å². The van der Waals surface area contributed by atoms with Crippen LogP contribution in [0.15, 0.2) is 41.3 Å². The van der Waals surface area contributed by atoms with Crippen LogP contribution in [-0.4, -0.2) is 40.8 Å². The summed E-state index contributed by atoms with van der Waals surface area (Å²) in [6.45, 7) is 14.3. The molecule has 4 rings (SSSR count). The van der Waals surface area contributed by atoms with E-state index in [-0.39, 0.29) is 12.1 Å². The average molecular weight is 480 g/mol. The third-order valence-electron chi connectivity index (χ3n) is 6.10. The highest BCUT2D eigenvalue weighted by Gasteiger charge is 2.29. The second-order valence-electron chi connectivity index (χ2n) is 10.8. The van der Waals surface area contributed by atoms with Crippen LogP contribution in [0.4, 0.5) is 16.2 Å². The molecule has 3 aromatic rings. The molecule has 3 aromatic heterocycles. The number of nitrogens with zero attached hydrogens (tertiary/aromatic N) is 3. The number of carbonyl (C=O) groups excluding carboxylic acids is 1. The number of hydrogen-bond donors (Lipinski definition) is 2. The van der Waals surface area contributed by atoms with E-state index in [1.165, 1.54) is 0 Å². The largest absolute Gasteiger partial charge is 0.462 e. The van der Waals surface area contributed by atoms with Crippen LogP contribution in [-0.2, 0) is 11.3 Å². The fraction of sp³-hybridized carbons (Fsp3) is 0.519. The topological polar surface area (TPSA) is 92.5 Å². The van der Waals surface area contributed by atoms with E-state index in [1.54, 1.807) is 12.5 Å². The quantitative estimate of drug-likeness (QED) is 0.469. The van der Waals surface area contributed by atoms with Crippen LogP contribution in [0.3, 0.4) is 0 Å². The van der Waals surface area contributed by atoms with Gasteiger partial charge in [-0.25, -0.2) is 9.78 Å². The molecule has 0 aliphatic carbocycles. The number of aromatic nitrogens is 2. The van der Waals surface area contributed by atoms with Crippen molar-refractivity contribution in [3.8, 4) is 0 Å². The number of anilines is 2. The Balaban J connectivity index is 1.47. The number of amides is 1. The maximum absolute atomic E-state index is 12.4. The molecule has 0 spiro atoms. The number of alkyl carbamates (subject to hydrolysis) is 1. The summed E-state index contributed by atoms with van der Waals surface area (Å²) in [5, 5.41) is 6.58. The minimum atomic E-state index is -0.518. The lowest BCUT2D eigenvalue weighted by Gasteiger charge is -2.39. The predicted molar refractivity (Wildman–Crippen MR) is 139 cm³/mol. The van der Waals surface area contributed by atoms with Gasteiger partial charge in [0.05, 0.1) is 36.1 Å². The first-order valence-corrected chi connectivity index (χ1v) is 12.4. The van der Waals surface area contributed by atoms with Crippen molar-refractivity contribution in [3.63, 3.8) is 0 Å². The highest BCUT2D eigenvalue weighted by Crippen LogP contribution is 2.30. The van der Waals surface area contributed by atoms with Gasteiger partial charge in [0.25, 0.3) is 0 Å². The van der Waals surface area contributed by atoms with Crippen LogP contribution >= 0.6 is 0 Å². The standard InChI is InChI=1S/C27H37N5O3/c1-17(2)21-16-34-24-8-7-19(30-25(21)24)12-29-22-13-28-10-9-23(22)32-14-18(3)11-20(15-32)31-26(33)35-27(4,5)6/h7-10,13,16-18,20,29H,11-12,14-15H2,1-6H3,(H,31,33). The molecule has 1 saturated heterocycles. The molecule has 2 unspecified atom stereocenters. The molecule has 0 aromatic carbocycles. The van der Waals surface area contributed by atoms with Crippen LogP contribution in [0.2, 0.25) is 0 Å². The summed E-state index contributed by atoms with van der Waals surface area (Å²) < 4.78 is 11.1. The lowest BCUT2D eigenvalue weighted by Crippen LogP contribution is -2.51. The molecule has 2 atom stereocenters. The minimum Gasteiger partial charge on any atom is -0.462 e. The number of rotatable bonds is 6. The van der Waals surface area contributed by atoms with E-state index in [0.717, 1.165) is 46.7 Å². The molecule has 1 amide bonds.